The minimum Gasteiger partial charge on any atom is -0.385 e. The van der Waals surface area contributed by atoms with Gasteiger partial charge in [0.15, 0.2) is 5.82 Å². The maximum atomic E-state index is 13.1. The summed E-state index contributed by atoms with van der Waals surface area (Å²) in [6.07, 6.45) is 4.73. The number of anilines is 1. The summed E-state index contributed by atoms with van der Waals surface area (Å²) in [5.74, 6) is 1.35. The van der Waals surface area contributed by atoms with Crippen LogP contribution in [0.15, 0.2) is 60.9 Å². The van der Waals surface area contributed by atoms with E-state index in [0.29, 0.717) is 25.9 Å². The lowest BCUT2D eigenvalue weighted by Gasteiger charge is -2.39. The highest BCUT2D eigenvalue weighted by molar-refractivity contribution is 5.43. The fourth-order valence-electron chi connectivity index (χ4n) is 3.27. The number of rotatable bonds is 3. The molecule has 1 aliphatic rings. The van der Waals surface area contributed by atoms with E-state index in [1.165, 1.54) is 12.1 Å². The molecule has 128 valence electrons. The minimum atomic E-state index is -0.913. The zero-order valence-electron chi connectivity index (χ0n) is 13.7. The van der Waals surface area contributed by atoms with Crippen LogP contribution in [0.2, 0.25) is 0 Å². The third-order valence-electron chi connectivity index (χ3n) is 4.75. The molecule has 2 aromatic heterocycles. The van der Waals surface area contributed by atoms with E-state index in [1.54, 1.807) is 23.0 Å². The molecule has 0 spiro atoms. The smallest absolute Gasteiger partial charge is 0.155 e. The van der Waals surface area contributed by atoms with Crippen LogP contribution in [0.3, 0.4) is 0 Å². The van der Waals surface area contributed by atoms with E-state index < -0.39 is 5.60 Å². The Morgan fingerprint density at radius 3 is 2.36 bits per heavy atom. The molecule has 1 fully saturated rings. The van der Waals surface area contributed by atoms with Crippen molar-refractivity contribution >= 4 is 5.82 Å². The van der Waals surface area contributed by atoms with E-state index in [2.05, 4.69) is 15.0 Å². The second-order valence-electron chi connectivity index (χ2n) is 6.33. The summed E-state index contributed by atoms with van der Waals surface area (Å²) < 4.78 is 14.8. The van der Waals surface area contributed by atoms with E-state index in [-0.39, 0.29) is 5.82 Å². The van der Waals surface area contributed by atoms with E-state index in [9.17, 15) is 9.50 Å². The van der Waals surface area contributed by atoms with Crippen LogP contribution in [0, 0.1) is 5.82 Å². The lowest BCUT2D eigenvalue weighted by molar-refractivity contribution is 0.0116. The van der Waals surface area contributed by atoms with Gasteiger partial charge in [0, 0.05) is 25.5 Å². The molecule has 6 heteroatoms. The van der Waals surface area contributed by atoms with Crippen molar-refractivity contribution in [2.45, 2.75) is 18.4 Å². The Labute approximate surface area is 145 Å². The van der Waals surface area contributed by atoms with Crippen molar-refractivity contribution in [3.05, 3.63) is 72.3 Å². The van der Waals surface area contributed by atoms with Crippen molar-refractivity contribution in [3.8, 4) is 5.82 Å². The lowest BCUT2D eigenvalue weighted by Crippen LogP contribution is -2.43. The first-order valence-electron chi connectivity index (χ1n) is 8.35. The van der Waals surface area contributed by atoms with Crippen LogP contribution in [0.5, 0.6) is 0 Å². The van der Waals surface area contributed by atoms with Gasteiger partial charge in [0.25, 0.3) is 0 Å². The standard InChI is InChI=1S/C19H19FN4O/c20-16-7-5-15(6-8-16)19(25)9-13-23(14-10-19)17-3-1-4-18(22-17)24-12-2-11-21-24/h1-8,11-12,25H,9-10,13-14H2. The van der Waals surface area contributed by atoms with E-state index in [4.69, 9.17) is 0 Å². The van der Waals surface area contributed by atoms with Crippen LogP contribution in [-0.4, -0.2) is 33.0 Å². The van der Waals surface area contributed by atoms with Gasteiger partial charge in [0.2, 0.25) is 0 Å². The van der Waals surface area contributed by atoms with Gasteiger partial charge in [-0.3, -0.25) is 0 Å². The molecule has 5 nitrogen and oxygen atoms in total. The average Bonchev–Trinajstić information content (AvgIpc) is 3.18. The number of hydrogen-bond donors (Lipinski definition) is 1. The number of halogens is 1. The molecule has 0 amide bonds. The zero-order valence-corrected chi connectivity index (χ0v) is 13.7. The summed E-state index contributed by atoms with van der Waals surface area (Å²) in [7, 11) is 0. The van der Waals surface area contributed by atoms with E-state index in [1.807, 2.05) is 30.5 Å². The quantitative estimate of drug-likeness (QED) is 0.798. The summed E-state index contributed by atoms with van der Waals surface area (Å²) in [6, 6.07) is 13.8. The number of aromatic nitrogens is 3. The van der Waals surface area contributed by atoms with Gasteiger partial charge in [-0.2, -0.15) is 5.10 Å². The monoisotopic (exact) mass is 338 g/mol. The molecule has 1 saturated heterocycles. The predicted octanol–water partition coefficient (Wildman–Crippen LogP) is 2.89. The molecule has 1 aliphatic heterocycles. The highest BCUT2D eigenvalue weighted by Crippen LogP contribution is 2.34. The van der Waals surface area contributed by atoms with Gasteiger partial charge in [0.05, 0.1) is 5.60 Å². The van der Waals surface area contributed by atoms with Crippen molar-refractivity contribution in [2.24, 2.45) is 0 Å². The number of piperidine rings is 1. The fraction of sp³-hybridized carbons (Fsp3) is 0.263. The normalized spacial score (nSPS) is 16.8. The molecule has 3 heterocycles. The van der Waals surface area contributed by atoms with Gasteiger partial charge in [-0.15, -0.1) is 0 Å². The molecular weight excluding hydrogens is 319 g/mol. The SMILES string of the molecule is OC1(c2ccc(F)cc2)CCN(c2cccc(-n3cccn3)n2)CC1. The molecule has 0 unspecified atom stereocenters. The van der Waals surface area contributed by atoms with Crippen molar-refractivity contribution in [1.82, 2.24) is 14.8 Å². The van der Waals surface area contributed by atoms with Gasteiger partial charge in [-0.1, -0.05) is 18.2 Å². The minimum absolute atomic E-state index is 0.288. The van der Waals surface area contributed by atoms with Gasteiger partial charge in [-0.25, -0.2) is 14.1 Å². The molecule has 0 saturated carbocycles. The first-order chi connectivity index (χ1) is 12.1. The largest absolute Gasteiger partial charge is 0.385 e. The third-order valence-corrected chi connectivity index (χ3v) is 4.75. The number of pyridine rings is 1. The Bertz CT molecular complexity index is 840. The molecule has 3 aromatic rings. The molecule has 0 bridgehead atoms. The van der Waals surface area contributed by atoms with E-state index in [0.717, 1.165) is 17.2 Å². The van der Waals surface area contributed by atoms with Crippen molar-refractivity contribution in [2.75, 3.05) is 18.0 Å². The molecular formula is C19H19FN4O. The molecule has 4 rings (SSSR count). The van der Waals surface area contributed by atoms with Crippen molar-refractivity contribution in [1.29, 1.82) is 0 Å². The summed E-state index contributed by atoms with van der Waals surface area (Å²) in [6.45, 7) is 1.37. The number of hydrogen-bond acceptors (Lipinski definition) is 4. The third kappa shape index (κ3) is 3.13. The van der Waals surface area contributed by atoms with Gasteiger partial charge in [0.1, 0.15) is 11.6 Å². The van der Waals surface area contributed by atoms with Gasteiger partial charge >= 0.3 is 0 Å². The van der Waals surface area contributed by atoms with Crippen LogP contribution in [0.1, 0.15) is 18.4 Å². The predicted molar refractivity (Wildman–Crippen MR) is 93.1 cm³/mol. The molecule has 0 atom stereocenters. The van der Waals surface area contributed by atoms with Crippen LogP contribution in [0.25, 0.3) is 5.82 Å². The van der Waals surface area contributed by atoms with Crippen molar-refractivity contribution < 1.29 is 9.50 Å². The molecule has 1 N–H and O–H groups in total. The zero-order chi connectivity index (χ0) is 17.3. The summed E-state index contributed by atoms with van der Waals surface area (Å²) >= 11 is 0. The summed E-state index contributed by atoms with van der Waals surface area (Å²) in [5.41, 5.74) is -0.143. The first kappa shape index (κ1) is 15.8. The van der Waals surface area contributed by atoms with Crippen LogP contribution < -0.4 is 4.90 Å². The molecule has 25 heavy (non-hydrogen) atoms. The summed E-state index contributed by atoms with van der Waals surface area (Å²) in [5, 5.41) is 15.1. The van der Waals surface area contributed by atoms with E-state index >= 15 is 0 Å². The number of benzene rings is 1. The Balaban J connectivity index is 1.50. The number of nitrogens with zero attached hydrogens (tertiary/aromatic N) is 4. The topological polar surface area (TPSA) is 54.2 Å². The average molecular weight is 338 g/mol. The second kappa shape index (κ2) is 6.29. The number of aliphatic hydroxyl groups is 1. The Hall–Kier alpha value is -2.73. The lowest BCUT2D eigenvalue weighted by atomic mass is 9.84. The maximum Gasteiger partial charge on any atom is 0.155 e. The first-order valence-corrected chi connectivity index (χ1v) is 8.35. The Morgan fingerprint density at radius 2 is 1.68 bits per heavy atom. The van der Waals surface area contributed by atoms with Crippen molar-refractivity contribution in [3.63, 3.8) is 0 Å². The molecule has 0 radical (unpaired) electrons. The van der Waals surface area contributed by atoms with Crippen LogP contribution in [-0.2, 0) is 5.60 Å². The fourth-order valence-corrected chi connectivity index (χ4v) is 3.27. The highest BCUT2D eigenvalue weighted by atomic mass is 19.1. The Morgan fingerprint density at radius 1 is 0.960 bits per heavy atom. The van der Waals surface area contributed by atoms with Gasteiger partial charge in [-0.05, 0) is 48.7 Å². The molecule has 1 aromatic carbocycles. The Kier molecular flexibility index (Phi) is 3.97. The molecule has 0 aliphatic carbocycles. The highest BCUT2D eigenvalue weighted by Gasteiger charge is 2.34. The van der Waals surface area contributed by atoms with Gasteiger partial charge < -0.3 is 10.0 Å². The summed E-state index contributed by atoms with van der Waals surface area (Å²) in [4.78, 5) is 6.82. The van der Waals surface area contributed by atoms with Crippen LogP contribution >= 0.6 is 0 Å². The second-order valence-corrected chi connectivity index (χ2v) is 6.33. The maximum absolute atomic E-state index is 13.1. The van der Waals surface area contributed by atoms with Crippen LogP contribution in [0.4, 0.5) is 10.2 Å².